The van der Waals surface area contributed by atoms with Crippen molar-refractivity contribution >= 4 is 40.2 Å². The fraction of sp³-hybridized carbons (Fsp3) is 0.278. The molecule has 0 fully saturated rings. The second-order valence-corrected chi connectivity index (χ2v) is 6.60. The van der Waals surface area contributed by atoms with E-state index in [0.29, 0.717) is 22.9 Å². The molecule has 0 unspecified atom stereocenters. The highest BCUT2D eigenvalue weighted by Gasteiger charge is 2.12. The number of aryl methyl sites for hydroxylation is 1. The van der Waals surface area contributed by atoms with E-state index in [2.05, 4.69) is 22.6 Å². The summed E-state index contributed by atoms with van der Waals surface area (Å²) in [5, 5.41) is 9.84. The van der Waals surface area contributed by atoms with Crippen LogP contribution in [0, 0.1) is 0 Å². The van der Waals surface area contributed by atoms with Gasteiger partial charge in [-0.25, -0.2) is 4.79 Å². The summed E-state index contributed by atoms with van der Waals surface area (Å²) in [5.41, 5.74) is 3.12. The normalized spacial score (nSPS) is 10.6. The molecule has 0 saturated heterocycles. The Morgan fingerprint density at radius 3 is 2.52 bits per heavy atom. The van der Waals surface area contributed by atoms with E-state index in [1.807, 2.05) is 37.3 Å². The standard InChI is InChI=1S/C18H18ClIO3/c1-2-3-14-10-12(4-6-15(14)18(21)22)13-5-7-17(16(19)11-13)23-9-8-20/h4-7,10-11H,2-3,8-9H2,1H3,(H,21,22). The van der Waals surface area contributed by atoms with Crippen LogP contribution >= 0.6 is 34.2 Å². The van der Waals surface area contributed by atoms with Gasteiger partial charge in [0.2, 0.25) is 0 Å². The van der Waals surface area contributed by atoms with Crippen LogP contribution in [0.4, 0.5) is 0 Å². The zero-order valence-corrected chi connectivity index (χ0v) is 15.7. The van der Waals surface area contributed by atoms with E-state index >= 15 is 0 Å². The molecule has 2 rings (SSSR count). The van der Waals surface area contributed by atoms with E-state index in [1.54, 1.807) is 6.07 Å². The minimum atomic E-state index is -0.888. The number of rotatable bonds is 7. The van der Waals surface area contributed by atoms with Gasteiger partial charge in [-0.05, 0) is 41.3 Å². The number of halogens is 2. The fourth-order valence-corrected chi connectivity index (χ4v) is 2.86. The second kappa shape index (κ2) is 8.55. The molecule has 0 saturated carbocycles. The van der Waals surface area contributed by atoms with Crippen LogP contribution in [0.1, 0.15) is 29.3 Å². The third kappa shape index (κ3) is 4.61. The number of ether oxygens (including phenoxy) is 1. The van der Waals surface area contributed by atoms with E-state index in [9.17, 15) is 9.90 Å². The van der Waals surface area contributed by atoms with Gasteiger partial charge in [0, 0.05) is 4.43 Å². The van der Waals surface area contributed by atoms with Crippen LogP contribution in [0.5, 0.6) is 5.75 Å². The summed E-state index contributed by atoms with van der Waals surface area (Å²) in [7, 11) is 0. The first-order valence-electron chi connectivity index (χ1n) is 7.41. The van der Waals surface area contributed by atoms with Gasteiger partial charge in [-0.3, -0.25) is 0 Å². The molecule has 0 aliphatic rings. The number of carbonyl (C=O) groups is 1. The van der Waals surface area contributed by atoms with Crippen LogP contribution in [0.15, 0.2) is 36.4 Å². The summed E-state index contributed by atoms with van der Waals surface area (Å²) in [5.74, 6) is -0.219. The number of aromatic carboxylic acids is 1. The predicted molar refractivity (Wildman–Crippen MR) is 102 cm³/mol. The Morgan fingerprint density at radius 1 is 1.22 bits per heavy atom. The van der Waals surface area contributed by atoms with Crippen molar-refractivity contribution in [2.75, 3.05) is 11.0 Å². The van der Waals surface area contributed by atoms with Crippen LogP contribution in [-0.2, 0) is 6.42 Å². The number of carboxylic acid groups (broad SMARTS) is 1. The van der Waals surface area contributed by atoms with Gasteiger partial charge >= 0.3 is 5.97 Å². The number of hydrogen-bond acceptors (Lipinski definition) is 2. The van der Waals surface area contributed by atoms with Crippen molar-refractivity contribution < 1.29 is 14.6 Å². The number of alkyl halides is 1. The van der Waals surface area contributed by atoms with E-state index in [1.165, 1.54) is 0 Å². The highest BCUT2D eigenvalue weighted by Crippen LogP contribution is 2.31. The molecule has 0 aliphatic carbocycles. The Labute approximate surface area is 154 Å². The van der Waals surface area contributed by atoms with Gasteiger partial charge in [0.05, 0.1) is 17.2 Å². The molecule has 23 heavy (non-hydrogen) atoms. The predicted octanol–water partition coefficient (Wildman–Crippen LogP) is 5.47. The topological polar surface area (TPSA) is 46.5 Å². The minimum Gasteiger partial charge on any atom is -0.491 e. The van der Waals surface area contributed by atoms with Crippen LogP contribution < -0.4 is 4.74 Å². The van der Waals surface area contributed by atoms with Gasteiger partial charge in [-0.1, -0.05) is 65.7 Å². The number of carboxylic acids is 1. The molecule has 0 amide bonds. The molecule has 122 valence electrons. The number of hydrogen-bond donors (Lipinski definition) is 1. The lowest BCUT2D eigenvalue weighted by Crippen LogP contribution is -2.02. The summed E-state index contributed by atoms with van der Waals surface area (Å²) in [6.07, 6.45) is 1.63. The summed E-state index contributed by atoms with van der Waals surface area (Å²) in [6, 6.07) is 11.1. The number of benzene rings is 2. The van der Waals surface area contributed by atoms with Crippen molar-refractivity contribution in [3.8, 4) is 16.9 Å². The van der Waals surface area contributed by atoms with Crippen LogP contribution in [0.25, 0.3) is 11.1 Å². The van der Waals surface area contributed by atoms with Crippen molar-refractivity contribution in [1.29, 1.82) is 0 Å². The molecule has 5 heteroatoms. The van der Waals surface area contributed by atoms with E-state index in [4.69, 9.17) is 16.3 Å². The van der Waals surface area contributed by atoms with Crippen molar-refractivity contribution in [3.63, 3.8) is 0 Å². The quantitative estimate of drug-likeness (QED) is 0.455. The summed E-state index contributed by atoms with van der Waals surface area (Å²) in [6.45, 7) is 2.65. The van der Waals surface area contributed by atoms with Crippen molar-refractivity contribution in [3.05, 3.63) is 52.5 Å². The molecule has 0 heterocycles. The maximum Gasteiger partial charge on any atom is 0.335 e. The first-order chi connectivity index (χ1) is 11.1. The third-order valence-corrected chi connectivity index (χ3v) is 4.19. The Kier molecular flexibility index (Phi) is 6.72. The molecule has 0 aliphatic heterocycles. The molecular weight excluding hydrogens is 427 g/mol. The van der Waals surface area contributed by atoms with Crippen molar-refractivity contribution in [2.45, 2.75) is 19.8 Å². The first-order valence-corrected chi connectivity index (χ1v) is 9.32. The van der Waals surface area contributed by atoms with Gasteiger partial charge in [-0.15, -0.1) is 0 Å². The smallest absolute Gasteiger partial charge is 0.335 e. The zero-order valence-electron chi connectivity index (χ0n) is 12.8. The summed E-state index contributed by atoms with van der Waals surface area (Å²) >= 11 is 8.52. The second-order valence-electron chi connectivity index (χ2n) is 5.11. The molecule has 0 atom stereocenters. The molecule has 1 N–H and O–H groups in total. The first kappa shape index (κ1) is 18.1. The SMILES string of the molecule is CCCc1cc(-c2ccc(OCCI)c(Cl)c2)ccc1C(=O)O. The van der Waals surface area contributed by atoms with E-state index in [-0.39, 0.29) is 0 Å². The minimum absolute atomic E-state index is 0.365. The van der Waals surface area contributed by atoms with Crippen molar-refractivity contribution in [2.24, 2.45) is 0 Å². The molecule has 0 bridgehead atoms. The average Bonchev–Trinajstić information content (AvgIpc) is 2.53. The lowest BCUT2D eigenvalue weighted by atomic mass is 9.96. The molecule has 2 aromatic rings. The van der Waals surface area contributed by atoms with E-state index < -0.39 is 5.97 Å². The molecule has 0 radical (unpaired) electrons. The van der Waals surface area contributed by atoms with Crippen LogP contribution in [0.2, 0.25) is 5.02 Å². The van der Waals surface area contributed by atoms with Gasteiger partial charge < -0.3 is 9.84 Å². The molecular formula is C18H18ClIO3. The molecule has 3 nitrogen and oxygen atoms in total. The third-order valence-electron chi connectivity index (χ3n) is 3.45. The summed E-state index contributed by atoms with van der Waals surface area (Å²) < 4.78 is 6.47. The Balaban J connectivity index is 2.36. The van der Waals surface area contributed by atoms with Gasteiger partial charge in [0.1, 0.15) is 5.75 Å². The molecule has 0 aromatic heterocycles. The highest BCUT2D eigenvalue weighted by atomic mass is 127. The van der Waals surface area contributed by atoms with Crippen LogP contribution in [-0.4, -0.2) is 22.1 Å². The highest BCUT2D eigenvalue weighted by molar-refractivity contribution is 14.1. The van der Waals surface area contributed by atoms with Crippen LogP contribution in [0.3, 0.4) is 0 Å². The summed E-state index contributed by atoms with van der Waals surface area (Å²) in [4.78, 5) is 11.3. The van der Waals surface area contributed by atoms with Gasteiger partial charge in [0.25, 0.3) is 0 Å². The van der Waals surface area contributed by atoms with E-state index in [0.717, 1.165) is 34.0 Å². The van der Waals surface area contributed by atoms with Gasteiger partial charge in [0.15, 0.2) is 0 Å². The molecule has 2 aromatic carbocycles. The van der Waals surface area contributed by atoms with Crippen molar-refractivity contribution in [1.82, 2.24) is 0 Å². The molecule has 0 spiro atoms. The lowest BCUT2D eigenvalue weighted by Gasteiger charge is -2.11. The lowest BCUT2D eigenvalue weighted by molar-refractivity contribution is 0.0695. The maximum absolute atomic E-state index is 11.3. The maximum atomic E-state index is 11.3. The zero-order chi connectivity index (χ0) is 16.8. The Morgan fingerprint density at radius 2 is 1.91 bits per heavy atom. The Hall–Kier alpha value is -1.27. The van der Waals surface area contributed by atoms with Gasteiger partial charge in [-0.2, -0.15) is 0 Å². The average molecular weight is 445 g/mol. The monoisotopic (exact) mass is 444 g/mol. The fourth-order valence-electron chi connectivity index (χ4n) is 2.40. The largest absolute Gasteiger partial charge is 0.491 e. The Bertz CT molecular complexity index is 701.